The Kier molecular flexibility index (Phi) is 6.49. The van der Waals surface area contributed by atoms with Crippen LogP contribution >= 0.6 is 0 Å². The molecule has 0 spiro atoms. The number of nitrogens with zero attached hydrogens (tertiary/aromatic N) is 2. The van der Waals surface area contributed by atoms with Crippen LogP contribution in [-0.4, -0.2) is 61.4 Å². The number of carbonyl (C=O) groups excluding carboxylic acids is 2. The van der Waals surface area contributed by atoms with E-state index in [-0.39, 0.29) is 23.9 Å². The minimum atomic E-state index is -0.593. The normalized spacial score (nSPS) is 14.6. The van der Waals surface area contributed by atoms with Gasteiger partial charge in [-0.25, -0.2) is 4.39 Å². The summed E-state index contributed by atoms with van der Waals surface area (Å²) in [7, 11) is 1.45. The summed E-state index contributed by atoms with van der Waals surface area (Å²) in [4.78, 5) is 28.6. The fraction of sp³-hybridized carbons (Fsp3) is 0.364. The van der Waals surface area contributed by atoms with E-state index in [1.807, 2.05) is 36.9 Å². The average molecular weight is 399 g/mol. The molecule has 29 heavy (non-hydrogen) atoms. The maximum absolute atomic E-state index is 14.2. The number of piperazine rings is 1. The van der Waals surface area contributed by atoms with E-state index in [1.54, 1.807) is 11.0 Å². The maximum atomic E-state index is 14.2. The Morgan fingerprint density at radius 3 is 2.48 bits per heavy atom. The van der Waals surface area contributed by atoms with Gasteiger partial charge in [0, 0.05) is 37.9 Å². The van der Waals surface area contributed by atoms with E-state index in [0.717, 1.165) is 16.8 Å². The van der Waals surface area contributed by atoms with Crippen molar-refractivity contribution in [2.75, 3.05) is 45.2 Å². The minimum Gasteiger partial charge on any atom is -0.497 e. The fourth-order valence-corrected chi connectivity index (χ4v) is 3.36. The number of rotatable bonds is 5. The number of hydrogen-bond acceptors (Lipinski definition) is 4. The number of amides is 2. The van der Waals surface area contributed by atoms with E-state index in [4.69, 9.17) is 4.74 Å². The number of aryl methyl sites for hydroxylation is 1. The Morgan fingerprint density at radius 1 is 1.10 bits per heavy atom. The molecule has 0 bridgehead atoms. The van der Waals surface area contributed by atoms with E-state index < -0.39 is 5.82 Å². The molecule has 0 radical (unpaired) electrons. The molecule has 2 aromatic carbocycles. The van der Waals surface area contributed by atoms with E-state index in [2.05, 4.69) is 5.32 Å². The molecule has 2 aromatic rings. The Morgan fingerprint density at radius 2 is 1.83 bits per heavy atom. The molecule has 0 saturated carbocycles. The highest BCUT2D eigenvalue weighted by atomic mass is 19.1. The predicted octanol–water partition coefficient (Wildman–Crippen LogP) is 2.85. The molecule has 0 aliphatic carbocycles. The van der Waals surface area contributed by atoms with Crippen LogP contribution in [-0.2, 0) is 4.79 Å². The zero-order valence-corrected chi connectivity index (χ0v) is 17.0. The van der Waals surface area contributed by atoms with Crippen LogP contribution in [0.2, 0.25) is 0 Å². The quantitative estimate of drug-likeness (QED) is 0.840. The smallest absolute Gasteiger partial charge is 0.256 e. The molecule has 1 N–H and O–H groups in total. The predicted molar refractivity (Wildman–Crippen MR) is 110 cm³/mol. The Labute approximate surface area is 170 Å². The van der Waals surface area contributed by atoms with Crippen molar-refractivity contribution in [2.45, 2.75) is 13.8 Å². The highest BCUT2D eigenvalue weighted by Gasteiger charge is 2.25. The van der Waals surface area contributed by atoms with Crippen LogP contribution in [0.5, 0.6) is 5.75 Å². The highest BCUT2D eigenvalue weighted by Crippen LogP contribution is 2.19. The number of benzene rings is 2. The number of hydrogen-bond donors (Lipinski definition) is 1. The minimum absolute atomic E-state index is 0.0342. The molecule has 1 saturated heterocycles. The van der Waals surface area contributed by atoms with Gasteiger partial charge in [-0.05, 0) is 43.2 Å². The van der Waals surface area contributed by atoms with E-state index in [9.17, 15) is 14.0 Å². The second-order valence-corrected chi connectivity index (χ2v) is 7.21. The summed E-state index contributed by atoms with van der Waals surface area (Å²) in [6.07, 6.45) is 0. The van der Waals surface area contributed by atoms with Gasteiger partial charge in [-0.2, -0.15) is 0 Å². The summed E-state index contributed by atoms with van der Waals surface area (Å²) < 4.78 is 19.1. The largest absolute Gasteiger partial charge is 0.497 e. The lowest BCUT2D eigenvalue weighted by Crippen LogP contribution is -2.50. The molecule has 1 heterocycles. The number of anilines is 1. The van der Waals surface area contributed by atoms with Crippen LogP contribution in [0, 0.1) is 19.7 Å². The molecule has 7 heteroatoms. The lowest BCUT2D eigenvalue weighted by Gasteiger charge is -2.34. The van der Waals surface area contributed by atoms with Gasteiger partial charge in [-0.3, -0.25) is 14.5 Å². The topological polar surface area (TPSA) is 61.9 Å². The van der Waals surface area contributed by atoms with Crippen molar-refractivity contribution in [2.24, 2.45) is 0 Å². The van der Waals surface area contributed by atoms with Crippen molar-refractivity contribution in [1.82, 2.24) is 9.80 Å². The second-order valence-electron chi connectivity index (χ2n) is 7.21. The number of halogens is 1. The van der Waals surface area contributed by atoms with Gasteiger partial charge in [0.15, 0.2) is 0 Å². The van der Waals surface area contributed by atoms with Crippen molar-refractivity contribution in [3.8, 4) is 5.75 Å². The number of carbonyl (C=O) groups is 2. The molecule has 0 unspecified atom stereocenters. The third kappa shape index (κ3) is 4.92. The van der Waals surface area contributed by atoms with Crippen LogP contribution in [0.1, 0.15) is 21.5 Å². The third-order valence-corrected chi connectivity index (χ3v) is 5.31. The van der Waals surface area contributed by atoms with Crippen LogP contribution in [0.3, 0.4) is 0 Å². The maximum Gasteiger partial charge on any atom is 0.256 e. The van der Waals surface area contributed by atoms with Crippen LogP contribution in [0.4, 0.5) is 10.1 Å². The Bertz CT molecular complexity index is 908. The van der Waals surface area contributed by atoms with Crippen molar-refractivity contribution in [3.05, 3.63) is 58.9 Å². The number of methoxy groups -OCH3 is 1. The molecule has 3 rings (SSSR count). The van der Waals surface area contributed by atoms with Crippen molar-refractivity contribution < 1.29 is 18.7 Å². The van der Waals surface area contributed by atoms with E-state index >= 15 is 0 Å². The standard InChI is InChI=1S/C22H26FN3O3/c1-15-5-4-6-20(16(15)2)24-21(27)14-25-9-11-26(12-10-25)22(28)18-8-7-17(29-3)13-19(18)23/h4-8,13H,9-12,14H2,1-3H3,(H,24,27). The first kappa shape index (κ1) is 20.8. The van der Waals surface area contributed by atoms with Crippen molar-refractivity contribution >= 4 is 17.5 Å². The Balaban J connectivity index is 1.53. The summed E-state index contributed by atoms with van der Waals surface area (Å²) in [5, 5.41) is 2.95. The Hall–Kier alpha value is -2.93. The van der Waals surface area contributed by atoms with E-state index in [0.29, 0.717) is 31.9 Å². The molecule has 0 atom stereocenters. The molecule has 2 amide bonds. The van der Waals surface area contributed by atoms with Gasteiger partial charge in [0.05, 0.1) is 19.2 Å². The first-order valence-corrected chi connectivity index (χ1v) is 9.60. The monoisotopic (exact) mass is 399 g/mol. The SMILES string of the molecule is COc1ccc(C(=O)N2CCN(CC(=O)Nc3cccc(C)c3C)CC2)c(F)c1. The van der Waals surface area contributed by atoms with Gasteiger partial charge in [0.2, 0.25) is 5.91 Å². The van der Waals surface area contributed by atoms with Crippen molar-refractivity contribution in [1.29, 1.82) is 0 Å². The van der Waals surface area contributed by atoms with Gasteiger partial charge in [-0.1, -0.05) is 12.1 Å². The second kappa shape index (κ2) is 9.05. The highest BCUT2D eigenvalue weighted by molar-refractivity contribution is 5.95. The first-order chi connectivity index (χ1) is 13.9. The molecule has 0 aromatic heterocycles. The van der Waals surface area contributed by atoms with E-state index in [1.165, 1.54) is 19.2 Å². The molecule has 1 aliphatic heterocycles. The lowest BCUT2D eigenvalue weighted by molar-refractivity contribution is -0.117. The zero-order chi connectivity index (χ0) is 21.0. The van der Waals surface area contributed by atoms with Gasteiger partial charge in [-0.15, -0.1) is 0 Å². The molecular formula is C22H26FN3O3. The number of ether oxygens (including phenoxy) is 1. The van der Waals surface area contributed by atoms with Crippen molar-refractivity contribution in [3.63, 3.8) is 0 Å². The molecule has 1 aliphatic rings. The van der Waals surface area contributed by atoms with Gasteiger partial charge in [0.1, 0.15) is 11.6 Å². The van der Waals surface area contributed by atoms with Gasteiger partial charge < -0.3 is 15.0 Å². The summed E-state index contributed by atoms with van der Waals surface area (Å²) in [6, 6.07) is 10.0. The van der Waals surface area contributed by atoms with Crippen LogP contribution in [0.15, 0.2) is 36.4 Å². The van der Waals surface area contributed by atoms with Gasteiger partial charge >= 0.3 is 0 Å². The lowest BCUT2D eigenvalue weighted by atomic mass is 10.1. The summed E-state index contributed by atoms with van der Waals surface area (Å²) in [5.74, 6) is -0.646. The molecule has 1 fully saturated rings. The summed E-state index contributed by atoms with van der Waals surface area (Å²) >= 11 is 0. The average Bonchev–Trinajstić information content (AvgIpc) is 2.71. The number of nitrogens with one attached hydrogen (secondary N) is 1. The summed E-state index contributed by atoms with van der Waals surface area (Å²) in [6.45, 7) is 6.25. The van der Waals surface area contributed by atoms with Crippen LogP contribution in [0.25, 0.3) is 0 Å². The molecular weight excluding hydrogens is 373 g/mol. The summed E-state index contributed by atoms with van der Waals surface area (Å²) in [5.41, 5.74) is 3.03. The molecule has 6 nitrogen and oxygen atoms in total. The zero-order valence-electron chi connectivity index (χ0n) is 17.0. The first-order valence-electron chi connectivity index (χ1n) is 9.60. The third-order valence-electron chi connectivity index (χ3n) is 5.31. The molecule has 154 valence electrons. The van der Waals surface area contributed by atoms with Gasteiger partial charge in [0.25, 0.3) is 5.91 Å². The van der Waals surface area contributed by atoms with Crippen LogP contribution < -0.4 is 10.1 Å². The fourth-order valence-electron chi connectivity index (χ4n) is 3.36.